The van der Waals surface area contributed by atoms with Gasteiger partial charge in [-0.15, -0.1) is 0 Å². The van der Waals surface area contributed by atoms with Crippen molar-refractivity contribution < 1.29 is 23.1 Å². The molecule has 1 aliphatic heterocycles. The van der Waals surface area contributed by atoms with Crippen LogP contribution in [-0.2, 0) is 4.79 Å². The third-order valence-corrected chi connectivity index (χ3v) is 4.23. The lowest BCUT2D eigenvalue weighted by atomic mass is 9.81. The number of carbonyl (C=O) groups is 1. The number of nitrogens with zero attached hydrogens (tertiary/aromatic N) is 1. The van der Waals surface area contributed by atoms with Crippen LogP contribution in [0.5, 0.6) is 0 Å². The molecule has 0 aromatic carbocycles. The highest BCUT2D eigenvalue weighted by Crippen LogP contribution is 2.39. The molecule has 1 saturated carbocycles. The Balaban J connectivity index is 2.06. The van der Waals surface area contributed by atoms with E-state index in [-0.39, 0.29) is 6.54 Å². The summed E-state index contributed by atoms with van der Waals surface area (Å²) < 4.78 is 38.1. The standard InChI is InChI=1S/C12H19F3N2O2/c13-12(14,15)11(19)6-7-17(8-11)9(18)10(16)4-2-1-3-5-10/h19H,1-8,16H2/t11-/m1/s1. The van der Waals surface area contributed by atoms with Crippen LogP contribution in [0.15, 0.2) is 0 Å². The predicted octanol–water partition coefficient (Wildman–Crippen LogP) is 1.17. The average molecular weight is 280 g/mol. The van der Waals surface area contributed by atoms with E-state index in [4.69, 9.17) is 5.73 Å². The van der Waals surface area contributed by atoms with E-state index in [0.717, 1.165) is 24.2 Å². The van der Waals surface area contributed by atoms with E-state index in [1.165, 1.54) is 0 Å². The molecule has 1 saturated heterocycles. The van der Waals surface area contributed by atoms with Gasteiger partial charge in [0.25, 0.3) is 0 Å². The van der Waals surface area contributed by atoms with Gasteiger partial charge in [-0.1, -0.05) is 19.3 Å². The van der Waals surface area contributed by atoms with Gasteiger partial charge in [-0.2, -0.15) is 13.2 Å². The molecule has 1 heterocycles. The van der Waals surface area contributed by atoms with Crippen molar-refractivity contribution in [1.29, 1.82) is 0 Å². The minimum atomic E-state index is -4.71. The first-order valence-electron chi connectivity index (χ1n) is 6.55. The SMILES string of the molecule is NC1(C(=O)N2CC[C@](O)(C(F)(F)F)C2)CCCCC1. The number of β-amino-alcohol motifs (C(OH)–C–C–N with tert-alkyl or cyclic N) is 1. The van der Waals surface area contributed by atoms with Gasteiger partial charge >= 0.3 is 6.18 Å². The van der Waals surface area contributed by atoms with Gasteiger partial charge < -0.3 is 15.7 Å². The summed E-state index contributed by atoms with van der Waals surface area (Å²) in [5, 5.41) is 9.57. The summed E-state index contributed by atoms with van der Waals surface area (Å²) in [6.07, 6.45) is -1.54. The molecule has 2 rings (SSSR count). The monoisotopic (exact) mass is 280 g/mol. The van der Waals surface area contributed by atoms with Crippen LogP contribution in [0.25, 0.3) is 0 Å². The van der Waals surface area contributed by atoms with Crippen molar-refractivity contribution in [3.63, 3.8) is 0 Å². The quantitative estimate of drug-likeness (QED) is 0.758. The Labute approximate surface area is 109 Å². The van der Waals surface area contributed by atoms with E-state index < -0.39 is 36.2 Å². The van der Waals surface area contributed by atoms with Crippen LogP contribution in [0.4, 0.5) is 13.2 Å². The topological polar surface area (TPSA) is 66.6 Å². The number of amides is 1. The summed E-state index contributed by atoms with van der Waals surface area (Å²) in [7, 11) is 0. The Bertz CT molecular complexity index is 366. The molecule has 2 aliphatic rings. The van der Waals surface area contributed by atoms with E-state index in [0.29, 0.717) is 12.8 Å². The molecule has 19 heavy (non-hydrogen) atoms. The zero-order chi connectivity index (χ0) is 14.3. The summed E-state index contributed by atoms with van der Waals surface area (Å²) in [6.45, 7) is -0.790. The van der Waals surface area contributed by atoms with Crippen LogP contribution < -0.4 is 5.73 Å². The minimum absolute atomic E-state index is 0.0895. The second-order valence-corrected chi connectivity index (χ2v) is 5.72. The Kier molecular flexibility index (Phi) is 3.55. The van der Waals surface area contributed by atoms with E-state index in [2.05, 4.69) is 0 Å². The smallest absolute Gasteiger partial charge is 0.379 e. The molecule has 3 N–H and O–H groups in total. The molecule has 1 atom stereocenters. The van der Waals surface area contributed by atoms with Crippen molar-refractivity contribution in [1.82, 2.24) is 4.90 Å². The number of alkyl halides is 3. The van der Waals surface area contributed by atoms with Crippen LogP contribution in [0.3, 0.4) is 0 Å². The number of likely N-dealkylation sites (tertiary alicyclic amines) is 1. The molecule has 1 aliphatic carbocycles. The minimum Gasteiger partial charge on any atom is -0.379 e. The molecule has 0 aromatic heterocycles. The third-order valence-electron chi connectivity index (χ3n) is 4.23. The first-order chi connectivity index (χ1) is 8.68. The normalized spacial score (nSPS) is 31.5. The molecule has 4 nitrogen and oxygen atoms in total. The maximum atomic E-state index is 12.7. The second-order valence-electron chi connectivity index (χ2n) is 5.72. The zero-order valence-corrected chi connectivity index (χ0v) is 10.7. The van der Waals surface area contributed by atoms with Gasteiger partial charge in [-0.05, 0) is 12.8 Å². The fourth-order valence-corrected chi connectivity index (χ4v) is 2.91. The number of nitrogens with two attached hydrogens (primary N) is 1. The summed E-state index contributed by atoms with van der Waals surface area (Å²) in [6, 6.07) is 0. The molecular weight excluding hydrogens is 261 g/mol. The summed E-state index contributed by atoms with van der Waals surface area (Å²) in [4.78, 5) is 13.3. The first-order valence-corrected chi connectivity index (χ1v) is 6.55. The Morgan fingerprint density at radius 3 is 2.21 bits per heavy atom. The van der Waals surface area contributed by atoms with E-state index in [1.807, 2.05) is 0 Å². The van der Waals surface area contributed by atoms with E-state index in [9.17, 15) is 23.1 Å². The van der Waals surface area contributed by atoms with Gasteiger partial charge in [0.1, 0.15) is 0 Å². The van der Waals surface area contributed by atoms with E-state index >= 15 is 0 Å². The Hall–Kier alpha value is -0.820. The lowest BCUT2D eigenvalue weighted by Gasteiger charge is -2.36. The van der Waals surface area contributed by atoms with Crippen molar-refractivity contribution >= 4 is 5.91 Å². The predicted molar refractivity (Wildman–Crippen MR) is 62.2 cm³/mol. The summed E-state index contributed by atoms with van der Waals surface area (Å²) in [5.41, 5.74) is 2.20. The fourth-order valence-electron chi connectivity index (χ4n) is 2.91. The molecule has 110 valence electrons. The number of rotatable bonds is 1. The maximum Gasteiger partial charge on any atom is 0.419 e. The molecule has 0 radical (unpaired) electrons. The van der Waals surface area contributed by atoms with Gasteiger partial charge in [-0.3, -0.25) is 4.79 Å². The Morgan fingerprint density at radius 2 is 1.74 bits per heavy atom. The highest BCUT2D eigenvalue weighted by molar-refractivity contribution is 5.86. The van der Waals surface area contributed by atoms with E-state index in [1.54, 1.807) is 0 Å². The van der Waals surface area contributed by atoms with Gasteiger partial charge in [-0.25, -0.2) is 0 Å². The Morgan fingerprint density at radius 1 is 1.16 bits per heavy atom. The van der Waals surface area contributed by atoms with Crippen molar-refractivity contribution in [2.75, 3.05) is 13.1 Å². The molecule has 2 fully saturated rings. The van der Waals surface area contributed by atoms with Crippen LogP contribution in [0.1, 0.15) is 38.5 Å². The van der Waals surface area contributed by atoms with Crippen molar-refractivity contribution in [3.8, 4) is 0 Å². The lowest BCUT2D eigenvalue weighted by Crippen LogP contribution is -2.57. The fraction of sp³-hybridized carbons (Fsp3) is 0.917. The average Bonchev–Trinajstić information content (AvgIpc) is 2.72. The van der Waals surface area contributed by atoms with Crippen LogP contribution >= 0.6 is 0 Å². The van der Waals surface area contributed by atoms with Gasteiger partial charge in [0.2, 0.25) is 5.91 Å². The number of aliphatic hydroxyl groups is 1. The van der Waals surface area contributed by atoms with Crippen molar-refractivity contribution in [2.45, 2.75) is 55.8 Å². The van der Waals surface area contributed by atoms with Crippen molar-refractivity contribution in [2.24, 2.45) is 5.73 Å². The molecule has 0 unspecified atom stereocenters. The number of carbonyl (C=O) groups excluding carboxylic acids is 1. The molecule has 0 aromatic rings. The van der Waals surface area contributed by atoms with Crippen LogP contribution in [0.2, 0.25) is 0 Å². The second kappa shape index (κ2) is 4.63. The van der Waals surface area contributed by atoms with Gasteiger partial charge in [0.05, 0.1) is 12.1 Å². The van der Waals surface area contributed by atoms with Gasteiger partial charge in [0, 0.05) is 13.0 Å². The number of hydrogen-bond donors (Lipinski definition) is 2. The summed E-state index contributed by atoms with van der Waals surface area (Å²) in [5.74, 6) is -0.452. The van der Waals surface area contributed by atoms with Crippen LogP contribution in [0, 0.1) is 0 Å². The first kappa shape index (κ1) is 14.6. The van der Waals surface area contributed by atoms with Gasteiger partial charge in [0.15, 0.2) is 5.60 Å². The molecule has 7 heteroatoms. The van der Waals surface area contributed by atoms with Crippen molar-refractivity contribution in [3.05, 3.63) is 0 Å². The molecule has 1 amide bonds. The lowest BCUT2D eigenvalue weighted by molar-refractivity contribution is -0.253. The zero-order valence-electron chi connectivity index (χ0n) is 10.7. The molecular formula is C12H19F3N2O2. The highest BCUT2D eigenvalue weighted by Gasteiger charge is 2.58. The highest BCUT2D eigenvalue weighted by atomic mass is 19.4. The molecule has 0 spiro atoms. The number of halogens is 3. The van der Waals surface area contributed by atoms with Crippen LogP contribution in [-0.4, -0.2) is 46.3 Å². The summed E-state index contributed by atoms with van der Waals surface area (Å²) >= 11 is 0. The largest absolute Gasteiger partial charge is 0.419 e. The number of hydrogen-bond acceptors (Lipinski definition) is 3. The third kappa shape index (κ3) is 2.58. The molecule has 0 bridgehead atoms. The maximum absolute atomic E-state index is 12.7.